The van der Waals surface area contributed by atoms with Crippen LogP contribution in [-0.2, 0) is 4.74 Å². The van der Waals surface area contributed by atoms with E-state index in [2.05, 4.69) is 14.9 Å². The summed E-state index contributed by atoms with van der Waals surface area (Å²) in [6.07, 6.45) is 5.72. The highest BCUT2D eigenvalue weighted by Crippen LogP contribution is 2.28. The molecule has 1 atom stereocenters. The van der Waals surface area contributed by atoms with Crippen molar-refractivity contribution in [3.05, 3.63) is 48.0 Å². The van der Waals surface area contributed by atoms with Crippen molar-refractivity contribution >= 4 is 11.6 Å². The van der Waals surface area contributed by atoms with Gasteiger partial charge >= 0.3 is 0 Å². The Kier molecular flexibility index (Phi) is 4.70. The van der Waals surface area contributed by atoms with Gasteiger partial charge in [-0.3, -0.25) is 4.79 Å². The van der Waals surface area contributed by atoms with Gasteiger partial charge in [-0.15, -0.1) is 0 Å². The average molecular weight is 340 g/mol. The molecule has 1 N–H and O–H groups in total. The molecule has 0 radical (unpaired) electrons. The van der Waals surface area contributed by atoms with Crippen molar-refractivity contribution in [2.45, 2.75) is 18.8 Å². The second-order valence-corrected chi connectivity index (χ2v) is 6.68. The third-order valence-electron chi connectivity index (χ3n) is 5.10. The maximum Gasteiger partial charge on any atom is 0.255 e. The van der Waals surface area contributed by atoms with E-state index in [1.165, 1.54) is 0 Å². The molecule has 2 aliphatic rings. The summed E-state index contributed by atoms with van der Waals surface area (Å²) in [6, 6.07) is 7.95. The zero-order valence-electron chi connectivity index (χ0n) is 14.4. The number of aromatic nitrogens is 2. The van der Waals surface area contributed by atoms with Crippen LogP contribution in [0.2, 0.25) is 0 Å². The SMILES string of the molecule is O=C(c1ccccc1N1CCOCC1)N1CCC[C@@H](c2ncc[nH]2)C1. The molecule has 4 rings (SSSR count). The zero-order valence-corrected chi connectivity index (χ0v) is 14.4. The predicted octanol–water partition coefficient (Wildman–Crippen LogP) is 2.27. The number of imidazole rings is 1. The molecule has 0 spiro atoms. The van der Waals surface area contributed by atoms with Gasteiger partial charge in [0, 0.05) is 50.2 Å². The number of para-hydroxylation sites is 1. The van der Waals surface area contributed by atoms with E-state index in [0.29, 0.717) is 19.1 Å². The van der Waals surface area contributed by atoms with Crippen molar-refractivity contribution in [2.24, 2.45) is 0 Å². The highest BCUT2D eigenvalue weighted by molar-refractivity contribution is 6.00. The molecule has 6 heteroatoms. The van der Waals surface area contributed by atoms with Gasteiger partial charge in [-0.2, -0.15) is 0 Å². The lowest BCUT2D eigenvalue weighted by Gasteiger charge is -2.34. The number of H-pyrrole nitrogens is 1. The Hall–Kier alpha value is -2.34. The second-order valence-electron chi connectivity index (χ2n) is 6.68. The maximum atomic E-state index is 13.2. The third kappa shape index (κ3) is 3.39. The molecule has 1 amide bonds. The van der Waals surface area contributed by atoms with Gasteiger partial charge in [-0.25, -0.2) is 4.98 Å². The number of ether oxygens (including phenoxy) is 1. The van der Waals surface area contributed by atoms with E-state index in [9.17, 15) is 4.79 Å². The molecular formula is C19H24N4O2. The van der Waals surface area contributed by atoms with E-state index in [1.807, 2.05) is 35.4 Å². The Morgan fingerprint density at radius 2 is 2.04 bits per heavy atom. The Bertz CT molecular complexity index is 710. The fraction of sp³-hybridized carbons (Fsp3) is 0.474. The second kappa shape index (κ2) is 7.27. The van der Waals surface area contributed by atoms with Crippen LogP contribution in [0.25, 0.3) is 0 Å². The molecule has 0 saturated carbocycles. The van der Waals surface area contributed by atoms with Crippen molar-refractivity contribution in [1.82, 2.24) is 14.9 Å². The highest BCUT2D eigenvalue weighted by Gasteiger charge is 2.28. The third-order valence-corrected chi connectivity index (χ3v) is 5.10. The Morgan fingerprint density at radius 3 is 2.84 bits per heavy atom. The number of rotatable bonds is 3. The van der Waals surface area contributed by atoms with Crippen LogP contribution < -0.4 is 4.90 Å². The molecule has 0 bridgehead atoms. The topological polar surface area (TPSA) is 61.5 Å². The average Bonchev–Trinajstić information content (AvgIpc) is 3.23. The number of carbonyl (C=O) groups excluding carboxylic acids is 1. The van der Waals surface area contributed by atoms with Crippen LogP contribution in [0.3, 0.4) is 0 Å². The standard InChI is InChI=1S/C19H24N4O2/c24-19(23-9-3-4-15(14-23)18-20-7-8-21-18)16-5-1-2-6-17(16)22-10-12-25-13-11-22/h1-2,5-8,15H,3-4,9-14H2,(H,20,21)/t15-/m1/s1. The van der Waals surface area contributed by atoms with Gasteiger partial charge in [-0.05, 0) is 25.0 Å². The van der Waals surface area contributed by atoms with Crippen molar-refractivity contribution in [3.8, 4) is 0 Å². The maximum absolute atomic E-state index is 13.2. The van der Waals surface area contributed by atoms with Crippen LogP contribution in [0.15, 0.2) is 36.7 Å². The van der Waals surface area contributed by atoms with Gasteiger partial charge in [0.2, 0.25) is 0 Å². The van der Waals surface area contributed by atoms with Crippen molar-refractivity contribution < 1.29 is 9.53 Å². The summed E-state index contributed by atoms with van der Waals surface area (Å²) in [4.78, 5) is 25.0. The van der Waals surface area contributed by atoms with Crippen LogP contribution in [0, 0.1) is 0 Å². The number of aromatic amines is 1. The molecule has 0 aliphatic carbocycles. The number of piperidine rings is 1. The number of nitrogens with one attached hydrogen (secondary N) is 1. The minimum absolute atomic E-state index is 0.123. The first-order chi connectivity index (χ1) is 12.3. The summed E-state index contributed by atoms with van der Waals surface area (Å²) in [6.45, 7) is 4.63. The van der Waals surface area contributed by atoms with Crippen molar-refractivity contribution in [1.29, 1.82) is 0 Å². The highest BCUT2D eigenvalue weighted by atomic mass is 16.5. The quantitative estimate of drug-likeness (QED) is 0.931. The van der Waals surface area contributed by atoms with Gasteiger partial charge in [-0.1, -0.05) is 12.1 Å². The number of anilines is 1. The summed E-state index contributed by atoms with van der Waals surface area (Å²) >= 11 is 0. The Morgan fingerprint density at radius 1 is 1.20 bits per heavy atom. The van der Waals surface area contributed by atoms with Gasteiger partial charge in [0.15, 0.2) is 0 Å². The molecule has 2 saturated heterocycles. The minimum atomic E-state index is 0.123. The normalized spacial score (nSPS) is 21.4. The van der Waals surface area contributed by atoms with E-state index < -0.39 is 0 Å². The van der Waals surface area contributed by atoms with Crippen LogP contribution in [0.5, 0.6) is 0 Å². The van der Waals surface area contributed by atoms with Gasteiger partial charge < -0.3 is 19.5 Å². The molecule has 3 heterocycles. The lowest BCUT2D eigenvalue weighted by Crippen LogP contribution is -2.41. The number of hydrogen-bond acceptors (Lipinski definition) is 4. The molecule has 0 unspecified atom stereocenters. The number of likely N-dealkylation sites (tertiary alicyclic amines) is 1. The van der Waals surface area contributed by atoms with Crippen LogP contribution in [0.1, 0.15) is 34.9 Å². The molecule has 6 nitrogen and oxygen atoms in total. The lowest BCUT2D eigenvalue weighted by molar-refractivity contribution is 0.0704. The summed E-state index contributed by atoms with van der Waals surface area (Å²) in [5.74, 6) is 1.40. The van der Waals surface area contributed by atoms with Gasteiger partial charge in [0.25, 0.3) is 5.91 Å². The number of amides is 1. The summed E-state index contributed by atoms with van der Waals surface area (Å²) < 4.78 is 5.45. The molecule has 132 valence electrons. The number of benzene rings is 1. The van der Waals surface area contributed by atoms with Crippen LogP contribution >= 0.6 is 0 Å². The summed E-state index contributed by atoms with van der Waals surface area (Å²) in [5.41, 5.74) is 1.82. The van der Waals surface area contributed by atoms with E-state index in [0.717, 1.165) is 56.1 Å². The number of morpholine rings is 1. The van der Waals surface area contributed by atoms with Gasteiger partial charge in [0.1, 0.15) is 5.82 Å². The first-order valence-corrected chi connectivity index (χ1v) is 9.03. The fourth-order valence-corrected chi connectivity index (χ4v) is 3.79. The van der Waals surface area contributed by atoms with E-state index >= 15 is 0 Å². The molecule has 1 aromatic carbocycles. The molecular weight excluding hydrogens is 316 g/mol. The number of hydrogen-bond donors (Lipinski definition) is 1. The van der Waals surface area contributed by atoms with Crippen LogP contribution in [0.4, 0.5) is 5.69 Å². The molecule has 2 aromatic rings. The van der Waals surface area contributed by atoms with E-state index in [4.69, 9.17) is 4.74 Å². The molecule has 1 aromatic heterocycles. The lowest BCUT2D eigenvalue weighted by atomic mass is 9.96. The summed E-state index contributed by atoms with van der Waals surface area (Å²) in [7, 11) is 0. The van der Waals surface area contributed by atoms with Crippen LogP contribution in [-0.4, -0.2) is 60.2 Å². The smallest absolute Gasteiger partial charge is 0.255 e. The van der Waals surface area contributed by atoms with Crippen molar-refractivity contribution in [3.63, 3.8) is 0 Å². The first-order valence-electron chi connectivity index (χ1n) is 9.03. The molecule has 25 heavy (non-hydrogen) atoms. The monoisotopic (exact) mass is 340 g/mol. The first kappa shape index (κ1) is 16.1. The molecule has 2 aliphatic heterocycles. The fourth-order valence-electron chi connectivity index (χ4n) is 3.79. The molecule has 2 fully saturated rings. The minimum Gasteiger partial charge on any atom is -0.378 e. The largest absolute Gasteiger partial charge is 0.378 e. The van der Waals surface area contributed by atoms with E-state index in [1.54, 1.807) is 6.20 Å². The summed E-state index contributed by atoms with van der Waals surface area (Å²) in [5, 5.41) is 0. The van der Waals surface area contributed by atoms with E-state index in [-0.39, 0.29) is 5.91 Å². The van der Waals surface area contributed by atoms with Gasteiger partial charge in [0.05, 0.1) is 18.8 Å². The predicted molar refractivity (Wildman–Crippen MR) is 95.9 cm³/mol. The zero-order chi connectivity index (χ0) is 17.1. The number of nitrogens with zero attached hydrogens (tertiary/aromatic N) is 3. The Balaban J connectivity index is 1.54. The number of carbonyl (C=O) groups is 1. The van der Waals surface area contributed by atoms with Crippen molar-refractivity contribution in [2.75, 3.05) is 44.3 Å². The Labute approximate surface area is 147 Å².